The van der Waals surface area contributed by atoms with E-state index >= 15 is 0 Å². The molecule has 1 amide bonds. The number of β-amino-alcohol motifs (C(OH)–C–C–N with tert-alkyl or cyclic N) is 1. The molecule has 1 N–H and O–H groups in total. The normalized spacial score (nSPS) is 19.8. The van der Waals surface area contributed by atoms with Crippen LogP contribution in [-0.4, -0.2) is 49.3 Å². The highest BCUT2D eigenvalue weighted by molar-refractivity contribution is 7.13. The number of hydrogen-bond donors (Lipinski definition) is 1. The number of carbonyl (C=O) groups excluding carboxylic acids is 1. The van der Waals surface area contributed by atoms with Crippen molar-refractivity contribution in [3.63, 3.8) is 0 Å². The maximum Gasteiger partial charge on any atom is 0.280 e. The third kappa shape index (κ3) is 2.90. The van der Waals surface area contributed by atoms with E-state index in [0.29, 0.717) is 30.2 Å². The minimum atomic E-state index is -0.0428. The van der Waals surface area contributed by atoms with Gasteiger partial charge in [-0.1, -0.05) is 28.5 Å². The van der Waals surface area contributed by atoms with Crippen molar-refractivity contribution in [3.8, 4) is 33.7 Å². The van der Waals surface area contributed by atoms with Gasteiger partial charge in [0, 0.05) is 36.2 Å². The number of fused-ring (bicyclic) bond motifs is 3. The number of hydrogen-bond acceptors (Lipinski definition) is 9. The van der Waals surface area contributed by atoms with E-state index in [-0.39, 0.29) is 30.4 Å². The van der Waals surface area contributed by atoms with Gasteiger partial charge in [0.05, 0.1) is 12.6 Å². The van der Waals surface area contributed by atoms with Crippen LogP contribution in [0.3, 0.4) is 0 Å². The summed E-state index contributed by atoms with van der Waals surface area (Å²) in [5, 5.41) is 20.2. The van der Waals surface area contributed by atoms with Crippen LogP contribution in [0.15, 0.2) is 44.9 Å². The van der Waals surface area contributed by atoms with Crippen LogP contribution in [0.1, 0.15) is 23.6 Å². The minimum Gasteiger partial charge on any atom is -0.395 e. The lowest BCUT2D eigenvalue weighted by molar-refractivity contribution is -0.129. The second-order valence-corrected chi connectivity index (χ2v) is 8.53. The molecule has 1 saturated heterocycles. The third-order valence-corrected chi connectivity index (χ3v) is 6.70. The van der Waals surface area contributed by atoms with E-state index in [1.807, 2.05) is 23.6 Å². The van der Waals surface area contributed by atoms with Gasteiger partial charge in [-0.3, -0.25) is 4.79 Å². The first-order chi connectivity index (χ1) is 15.2. The predicted molar refractivity (Wildman–Crippen MR) is 110 cm³/mol. The molecule has 2 unspecified atom stereocenters. The molecule has 4 aromatic rings. The van der Waals surface area contributed by atoms with Gasteiger partial charge in [-0.2, -0.15) is 4.98 Å². The Morgan fingerprint density at radius 3 is 3.00 bits per heavy atom. The second-order valence-electron chi connectivity index (χ2n) is 7.63. The number of carbonyl (C=O) groups is 1. The van der Waals surface area contributed by atoms with Gasteiger partial charge in [0.15, 0.2) is 16.5 Å². The van der Waals surface area contributed by atoms with Crippen molar-refractivity contribution < 1.29 is 18.9 Å². The molecular formula is C21H17N5O4S. The molecular weight excluding hydrogens is 418 g/mol. The lowest BCUT2D eigenvalue weighted by Gasteiger charge is -2.24. The highest BCUT2D eigenvalue weighted by atomic mass is 32.1. The van der Waals surface area contributed by atoms with Crippen LogP contribution < -0.4 is 0 Å². The number of benzene rings is 1. The van der Waals surface area contributed by atoms with E-state index in [9.17, 15) is 9.90 Å². The number of amides is 1. The van der Waals surface area contributed by atoms with Gasteiger partial charge in [-0.05, 0) is 23.5 Å². The maximum atomic E-state index is 12.3. The lowest BCUT2D eigenvalue weighted by atomic mass is 10.0. The fourth-order valence-corrected chi connectivity index (χ4v) is 5.26. The maximum absolute atomic E-state index is 12.3. The van der Waals surface area contributed by atoms with Crippen LogP contribution >= 0.6 is 11.3 Å². The Morgan fingerprint density at radius 1 is 1.23 bits per heavy atom. The molecule has 10 heteroatoms. The van der Waals surface area contributed by atoms with E-state index in [1.165, 1.54) is 11.3 Å². The first-order valence-electron chi connectivity index (χ1n) is 9.96. The first-order valence-corrected chi connectivity index (χ1v) is 10.8. The lowest BCUT2D eigenvalue weighted by Crippen LogP contribution is -2.30. The number of thiazole rings is 1. The Morgan fingerprint density at radius 2 is 2.16 bits per heavy atom. The van der Waals surface area contributed by atoms with E-state index in [0.717, 1.165) is 28.1 Å². The molecule has 1 aromatic carbocycles. The highest BCUT2D eigenvalue weighted by Crippen LogP contribution is 2.49. The predicted octanol–water partition coefficient (Wildman–Crippen LogP) is 2.95. The molecule has 0 bridgehead atoms. The molecule has 31 heavy (non-hydrogen) atoms. The average Bonchev–Trinajstić information content (AvgIpc) is 3.57. The molecule has 1 aliphatic heterocycles. The molecule has 6 rings (SSSR count). The molecule has 3 aromatic heterocycles. The van der Waals surface area contributed by atoms with Crippen molar-refractivity contribution in [1.29, 1.82) is 0 Å². The Labute approximate surface area is 180 Å². The molecule has 4 heterocycles. The van der Waals surface area contributed by atoms with Crippen LogP contribution in [0.2, 0.25) is 0 Å². The zero-order chi connectivity index (χ0) is 20.9. The van der Waals surface area contributed by atoms with Crippen LogP contribution in [0, 0.1) is 5.92 Å². The van der Waals surface area contributed by atoms with Gasteiger partial charge in [0.1, 0.15) is 0 Å². The minimum absolute atomic E-state index is 0.00244. The number of aromatic nitrogens is 4. The van der Waals surface area contributed by atoms with Crippen molar-refractivity contribution >= 4 is 17.2 Å². The summed E-state index contributed by atoms with van der Waals surface area (Å²) in [6.45, 7) is 0.308. The van der Waals surface area contributed by atoms with Gasteiger partial charge in [-0.15, -0.1) is 11.3 Å². The van der Waals surface area contributed by atoms with E-state index < -0.39 is 0 Å². The van der Waals surface area contributed by atoms with E-state index in [1.54, 1.807) is 17.2 Å². The van der Waals surface area contributed by atoms with Crippen molar-refractivity contribution in [1.82, 2.24) is 25.2 Å². The number of aliphatic hydroxyl groups excluding tert-OH is 1. The summed E-state index contributed by atoms with van der Waals surface area (Å²) in [7, 11) is 0. The number of likely N-dealkylation sites (tertiary alicyclic amines) is 1. The van der Waals surface area contributed by atoms with Crippen molar-refractivity contribution in [2.75, 3.05) is 13.2 Å². The molecule has 1 aliphatic carbocycles. The van der Waals surface area contributed by atoms with Crippen LogP contribution in [0.25, 0.3) is 33.7 Å². The van der Waals surface area contributed by atoms with Crippen LogP contribution in [-0.2, 0) is 11.2 Å². The highest BCUT2D eigenvalue weighted by Gasteiger charge is 2.46. The molecule has 0 saturated carbocycles. The zero-order valence-corrected chi connectivity index (χ0v) is 17.1. The molecule has 0 spiro atoms. The Balaban J connectivity index is 1.34. The van der Waals surface area contributed by atoms with Gasteiger partial charge in [0.25, 0.3) is 5.89 Å². The Hall–Kier alpha value is -3.37. The largest absolute Gasteiger partial charge is 0.395 e. The number of aliphatic hydroxyl groups is 1. The third-order valence-electron chi connectivity index (χ3n) is 5.92. The van der Waals surface area contributed by atoms with Crippen molar-refractivity contribution in [3.05, 3.63) is 47.0 Å². The number of nitrogens with zero attached hydrogens (tertiary/aromatic N) is 5. The summed E-state index contributed by atoms with van der Waals surface area (Å²) in [5.41, 5.74) is 3.57. The van der Waals surface area contributed by atoms with E-state index in [2.05, 4.69) is 20.3 Å². The van der Waals surface area contributed by atoms with Gasteiger partial charge in [0.2, 0.25) is 11.7 Å². The summed E-state index contributed by atoms with van der Waals surface area (Å²) < 4.78 is 10.8. The monoisotopic (exact) mass is 435 g/mol. The fourth-order valence-electron chi connectivity index (χ4n) is 4.68. The summed E-state index contributed by atoms with van der Waals surface area (Å²) in [4.78, 5) is 22.9. The van der Waals surface area contributed by atoms with E-state index in [4.69, 9.17) is 9.05 Å². The van der Waals surface area contributed by atoms with Crippen molar-refractivity contribution in [2.45, 2.75) is 18.9 Å². The summed E-state index contributed by atoms with van der Waals surface area (Å²) >= 11 is 1.46. The smallest absolute Gasteiger partial charge is 0.280 e. The molecule has 156 valence electrons. The molecule has 9 nitrogen and oxygen atoms in total. The molecule has 1 fully saturated rings. The van der Waals surface area contributed by atoms with Crippen molar-refractivity contribution in [2.24, 2.45) is 5.92 Å². The van der Waals surface area contributed by atoms with Gasteiger partial charge in [-0.25, -0.2) is 4.98 Å². The SMILES string of the molecule is O=C1CC2Cc3c(-c4noc(-c5cc(-c6nccs6)on5)n4)cccc3C2N1CCO. The molecule has 2 aliphatic rings. The Kier molecular flexibility index (Phi) is 4.22. The standard InChI is InChI=1S/C21H17N5O4S/c27-6-5-26-17(28)9-11-8-14-12(18(11)26)2-1-3-13(14)19-23-20(30-25-19)15-10-16(29-24-15)21-22-4-7-31-21/h1-4,7,10-11,18,27H,5-6,8-9H2. The fraction of sp³-hybridized carbons (Fsp3) is 0.286. The van der Waals surface area contributed by atoms with Crippen LogP contribution in [0.5, 0.6) is 0 Å². The topological polar surface area (TPSA) is 118 Å². The average molecular weight is 435 g/mol. The quantitative estimate of drug-likeness (QED) is 0.508. The van der Waals surface area contributed by atoms with Gasteiger partial charge < -0.3 is 19.1 Å². The summed E-state index contributed by atoms with van der Waals surface area (Å²) in [6.07, 6.45) is 2.97. The molecule has 0 radical (unpaired) electrons. The number of rotatable bonds is 5. The van der Waals surface area contributed by atoms with Gasteiger partial charge >= 0.3 is 0 Å². The zero-order valence-electron chi connectivity index (χ0n) is 16.3. The second kappa shape index (κ2) is 7.10. The Bertz CT molecular complexity index is 1260. The summed E-state index contributed by atoms with van der Waals surface area (Å²) in [6, 6.07) is 7.69. The first kappa shape index (κ1) is 18.4. The molecule has 2 atom stereocenters. The van der Waals surface area contributed by atoms with Crippen LogP contribution in [0.4, 0.5) is 0 Å². The summed E-state index contributed by atoms with van der Waals surface area (Å²) in [5.74, 6) is 1.61.